The molecule has 0 bridgehead atoms. The Balaban J connectivity index is 2.72. The normalized spacial score (nSPS) is 12.0. The highest BCUT2D eigenvalue weighted by molar-refractivity contribution is 9.10. The van der Waals surface area contributed by atoms with E-state index in [9.17, 15) is 4.79 Å². The van der Waals surface area contributed by atoms with Gasteiger partial charge in [-0.3, -0.25) is 0 Å². The molecule has 0 saturated carbocycles. The van der Waals surface area contributed by atoms with Crippen molar-refractivity contribution < 1.29 is 9.53 Å². The first kappa shape index (κ1) is 19.8. The Morgan fingerprint density at radius 1 is 1.22 bits per heavy atom. The predicted octanol–water partition coefficient (Wildman–Crippen LogP) is 5.21. The van der Waals surface area contributed by atoms with E-state index in [0.29, 0.717) is 13.1 Å². The number of rotatable bonds is 4. The highest BCUT2D eigenvalue weighted by Gasteiger charge is 2.30. The summed E-state index contributed by atoms with van der Waals surface area (Å²) >= 11 is 3.59. The Bertz CT molecular complexity index is 545. The summed E-state index contributed by atoms with van der Waals surface area (Å²) in [4.78, 5) is 14.2. The van der Waals surface area contributed by atoms with Crippen molar-refractivity contribution in [1.29, 1.82) is 0 Å². The highest BCUT2D eigenvalue weighted by atomic mass is 79.9. The van der Waals surface area contributed by atoms with E-state index in [1.54, 1.807) is 4.90 Å². The van der Waals surface area contributed by atoms with E-state index >= 15 is 0 Å². The number of amides is 1. The summed E-state index contributed by atoms with van der Waals surface area (Å²) in [5, 5.41) is 3.38. The maximum Gasteiger partial charge on any atom is 0.410 e. The van der Waals surface area contributed by atoms with E-state index in [0.717, 1.165) is 10.2 Å². The number of ether oxygens (including phenoxy) is 1. The molecule has 0 saturated heterocycles. The maximum absolute atomic E-state index is 12.4. The summed E-state index contributed by atoms with van der Waals surface area (Å²) in [7, 11) is 0. The average Bonchev–Trinajstić information content (AvgIpc) is 2.35. The minimum absolute atomic E-state index is 0.282. The minimum atomic E-state index is -0.492. The number of carbonyl (C=O) groups is 1. The van der Waals surface area contributed by atoms with Crippen LogP contribution in [0.3, 0.4) is 0 Å². The molecule has 4 nitrogen and oxygen atoms in total. The van der Waals surface area contributed by atoms with Crippen LogP contribution in [0.4, 0.5) is 10.5 Å². The van der Waals surface area contributed by atoms with Gasteiger partial charge in [0.25, 0.3) is 0 Å². The Morgan fingerprint density at radius 2 is 1.83 bits per heavy atom. The lowest BCUT2D eigenvalue weighted by molar-refractivity contribution is 0.00749. The van der Waals surface area contributed by atoms with Crippen molar-refractivity contribution in [2.24, 2.45) is 0 Å². The Hall–Kier alpha value is -1.23. The molecule has 1 aromatic rings. The highest BCUT2D eigenvalue weighted by Crippen LogP contribution is 2.25. The van der Waals surface area contributed by atoms with Crippen LogP contribution < -0.4 is 5.32 Å². The number of hydrogen-bond acceptors (Lipinski definition) is 3. The zero-order valence-electron chi connectivity index (χ0n) is 15.3. The van der Waals surface area contributed by atoms with Crippen molar-refractivity contribution in [3.05, 3.63) is 28.2 Å². The molecule has 5 heteroatoms. The summed E-state index contributed by atoms with van der Waals surface area (Å²) in [5.74, 6) is 0. The van der Waals surface area contributed by atoms with E-state index in [1.807, 2.05) is 53.7 Å². The largest absolute Gasteiger partial charge is 0.444 e. The fraction of sp³-hybridized carbons (Fsp3) is 0.611. The van der Waals surface area contributed by atoms with E-state index in [4.69, 9.17) is 4.74 Å². The topological polar surface area (TPSA) is 41.6 Å². The fourth-order valence-corrected chi connectivity index (χ4v) is 2.51. The van der Waals surface area contributed by atoms with Gasteiger partial charge in [0.05, 0.1) is 0 Å². The average molecular weight is 385 g/mol. The molecule has 23 heavy (non-hydrogen) atoms. The van der Waals surface area contributed by atoms with Crippen LogP contribution in [-0.2, 0) is 4.74 Å². The summed E-state index contributed by atoms with van der Waals surface area (Å²) in [6.45, 7) is 15.0. The second kappa shape index (κ2) is 7.56. The molecule has 0 atom stereocenters. The summed E-state index contributed by atoms with van der Waals surface area (Å²) in [5.41, 5.74) is 1.42. The third-order valence-electron chi connectivity index (χ3n) is 3.27. The summed E-state index contributed by atoms with van der Waals surface area (Å²) in [6.07, 6.45) is -0.282. The van der Waals surface area contributed by atoms with E-state index in [-0.39, 0.29) is 11.6 Å². The molecule has 0 fully saturated rings. The quantitative estimate of drug-likeness (QED) is 0.774. The summed E-state index contributed by atoms with van der Waals surface area (Å²) < 4.78 is 6.58. The van der Waals surface area contributed by atoms with Gasteiger partial charge in [-0.1, -0.05) is 12.1 Å². The number of halogens is 1. The Kier molecular flexibility index (Phi) is 6.51. The van der Waals surface area contributed by atoms with Gasteiger partial charge in [-0.15, -0.1) is 0 Å². The lowest BCUT2D eigenvalue weighted by atomic mass is 10.1. The lowest BCUT2D eigenvalue weighted by Crippen LogP contribution is -2.49. The third-order valence-corrected chi connectivity index (χ3v) is 4.32. The van der Waals surface area contributed by atoms with Gasteiger partial charge in [0.15, 0.2) is 0 Å². The predicted molar refractivity (Wildman–Crippen MR) is 100 cm³/mol. The smallest absolute Gasteiger partial charge is 0.410 e. The van der Waals surface area contributed by atoms with Crippen LogP contribution in [-0.4, -0.2) is 35.2 Å². The van der Waals surface area contributed by atoms with Crippen LogP contribution in [0.1, 0.15) is 47.1 Å². The molecule has 0 radical (unpaired) electrons. The van der Waals surface area contributed by atoms with Crippen molar-refractivity contribution in [1.82, 2.24) is 4.90 Å². The lowest BCUT2D eigenvalue weighted by Gasteiger charge is -2.37. The van der Waals surface area contributed by atoms with E-state index < -0.39 is 5.60 Å². The number of carbonyl (C=O) groups excluding carboxylic acids is 1. The number of aryl methyl sites for hydroxylation is 1. The number of benzene rings is 1. The van der Waals surface area contributed by atoms with Crippen LogP contribution in [0.15, 0.2) is 22.7 Å². The van der Waals surface area contributed by atoms with Crippen LogP contribution >= 0.6 is 15.9 Å². The first-order valence-corrected chi connectivity index (χ1v) is 8.71. The van der Waals surface area contributed by atoms with Crippen LogP contribution in [0.2, 0.25) is 0 Å². The molecule has 130 valence electrons. The molecule has 0 aliphatic rings. The molecule has 0 aromatic heterocycles. The molecule has 0 aliphatic carbocycles. The zero-order valence-corrected chi connectivity index (χ0v) is 16.9. The first-order valence-electron chi connectivity index (χ1n) is 7.91. The van der Waals surface area contributed by atoms with Crippen molar-refractivity contribution in [2.45, 2.75) is 59.6 Å². The van der Waals surface area contributed by atoms with Crippen LogP contribution in [0, 0.1) is 6.92 Å². The molecule has 1 rings (SSSR count). The Morgan fingerprint density at radius 3 is 2.35 bits per heavy atom. The number of nitrogens with zero attached hydrogens (tertiary/aromatic N) is 1. The minimum Gasteiger partial charge on any atom is -0.444 e. The van der Waals surface area contributed by atoms with Gasteiger partial charge in [-0.05, 0) is 76.0 Å². The van der Waals surface area contributed by atoms with Crippen LogP contribution in [0.5, 0.6) is 0 Å². The second-order valence-corrected chi connectivity index (χ2v) is 8.46. The van der Waals surface area contributed by atoms with Gasteiger partial charge in [0, 0.05) is 28.8 Å². The van der Waals surface area contributed by atoms with Crippen molar-refractivity contribution in [3.8, 4) is 0 Å². The molecule has 0 unspecified atom stereocenters. The van der Waals surface area contributed by atoms with Crippen molar-refractivity contribution in [2.75, 3.05) is 18.4 Å². The summed E-state index contributed by atoms with van der Waals surface area (Å²) in [6, 6.07) is 6.08. The molecule has 1 aromatic carbocycles. The first-order chi connectivity index (χ1) is 10.4. The molecule has 0 aliphatic heterocycles. The number of nitrogens with one attached hydrogen (secondary N) is 1. The molecule has 1 N–H and O–H groups in total. The van der Waals surface area contributed by atoms with Crippen molar-refractivity contribution in [3.63, 3.8) is 0 Å². The fourth-order valence-electron chi connectivity index (χ4n) is 2.10. The maximum atomic E-state index is 12.4. The monoisotopic (exact) mass is 384 g/mol. The third kappa shape index (κ3) is 6.42. The van der Waals surface area contributed by atoms with E-state index in [2.05, 4.69) is 34.2 Å². The molecular formula is C18H29BrN2O2. The van der Waals surface area contributed by atoms with Gasteiger partial charge in [-0.25, -0.2) is 4.79 Å². The van der Waals surface area contributed by atoms with Gasteiger partial charge in [-0.2, -0.15) is 0 Å². The molecular weight excluding hydrogens is 356 g/mol. The molecule has 0 heterocycles. The van der Waals surface area contributed by atoms with Gasteiger partial charge < -0.3 is 15.0 Å². The molecule has 0 spiro atoms. The van der Waals surface area contributed by atoms with Crippen molar-refractivity contribution >= 4 is 27.7 Å². The van der Waals surface area contributed by atoms with Gasteiger partial charge in [0.1, 0.15) is 5.60 Å². The molecule has 1 amide bonds. The van der Waals surface area contributed by atoms with Crippen LogP contribution in [0.25, 0.3) is 0 Å². The van der Waals surface area contributed by atoms with E-state index in [1.165, 1.54) is 5.56 Å². The zero-order chi connectivity index (χ0) is 17.8. The Labute approximate surface area is 148 Å². The van der Waals surface area contributed by atoms with Gasteiger partial charge in [0.2, 0.25) is 0 Å². The number of hydrogen-bond donors (Lipinski definition) is 1. The standard InChI is InChI=1S/C18H29BrN2O2/c1-13-9-8-10-14(15(13)19)20-11-12-21(17(2,3)4)16(22)23-18(5,6)7/h8-10,20H,11-12H2,1-7H3. The SMILES string of the molecule is Cc1cccc(NCCN(C(=O)OC(C)(C)C)C(C)(C)C)c1Br. The number of anilines is 1. The second-order valence-electron chi connectivity index (χ2n) is 7.67. The van der Waals surface area contributed by atoms with Gasteiger partial charge >= 0.3 is 6.09 Å².